The standard InChI is InChI=1S/C15H24N6O/c1-13-11-14(15-17-16-12-21(15)18-13)19(2)5-3-4-6-20-7-9-22-10-8-20/h11-12H,3-10H2,1-2H3. The second-order valence-electron chi connectivity index (χ2n) is 5.85. The van der Waals surface area contributed by atoms with E-state index >= 15 is 0 Å². The summed E-state index contributed by atoms with van der Waals surface area (Å²) in [5.74, 6) is 0. The molecule has 3 heterocycles. The largest absolute Gasteiger partial charge is 0.379 e. The molecule has 7 nitrogen and oxygen atoms in total. The van der Waals surface area contributed by atoms with Crippen LogP contribution in [0.1, 0.15) is 18.5 Å². The number of ether oxygens (including phenoxy) is 1. The molecule has 7 heteroatoms. The minimum Gasteiger partial charge on any atom is -0.379 e. The van der Waals surface area contributed by atoms with Crippen molar-refractivity contribution in [1.82, 2.24) is 24.7 Å². The van der Waals surface area contributed by atoms with Crippen molar-refractivity contribution in [3.63, 3.8) is 0 Å². The Kier molecular flexibility index (Phi) is 4.84. The molecule has 0 saturated carbocycles. The number of hydrogen-bond donors (Lipinski definition) is 0. The van der Waals surface area contributed by atoms with Crippen molar-refractivity contribution in [2.24, 2.45) is 0 Å². The zero-order valence-electron chi connectivity index (χ0n) is 13.4. The second-order valence-corrected chi connectivity index (χ2v) is 5.85. The lowest BCUT2D eigenvalue weighted by Gasteiger charge is -2.27. The van der Waals surface area contributed by atoms with Gasteiger partial charge in [-0.25, -0.2) is 0 Å². The van der Waals surface area contributed by atoms with Crippen LogP contribution in [-0.4, -0.2) is 71.2 Å². The van der Waals surface area contributed by atoms with Crippen molar-refractivity contribution in [2.75, 3.05) is 51.3 Å². The van der Waals surface area contributed by atoms with Crippen molar-refractivity contribution in [1.29, 1.82) is 0 Å². The Labute approximate surface area is 130 Å². The van der Waals surface area contributed by atoms with E-state index in [9.17, 15) is 0 Å². The first-order valence-electron chi connectivity index (χ1n) is 7.93. The van der Waals surface area contributed by atoms with E-state index < -0.39 is 0 Å². The summed E-state index contributed by atoms with van der Waals surface area (Å²) < 4.78 is 7.12. The summed E-state index contributed by atoms with van der Waals surface area (Å²) in [4.78, 5) is 4.73. The molecule has 0 unspecified atom stereocenters. The van der Waals surface area contributed by atoms with Gasteiger partial charge in [-0.05, 0) is 32.4 Å². The first kappa shape index (κ1) is 15.2. The van der Waals surface area contributed by atoms with E-state index in [2.05, 4.69) is 38.2 Å². The molecule has 0 radical (unpaired) electrons. The number of anilines is 1. The van der Waals surface area contributed by atoms with E-state index in [1.807, 2.05) is 6.92 Å². The molecular formula is C15H24N6O. The average molecular weight is 304 g/mol. The van der Waals surface area contributed by atoms with Gasteiger partial charge in [0, 0.05) is 26.7 Å². The Morgan fingerprint density at radius 1 is 1.27 bits per heavy atom. The minimum atomic E-state index is 0.821. The highest BCUT2D eigenvalue weighted by Crippen LogP contribution is 2.19. The molecule has 1 aliphatic heterocycles. The van der Waals surface area contributed by atoms with E-state index in [1.54, 1.807) is 10.8 Å². The van der Waals surface area contributed by atoms with Gasteiger partial charge >= 0.3 is 0 Å². The molecule has 2 aromatic rings. The number of nitrogens with zero attached hydrogens (tertiary/aromatic N) is 6. The maximum absolute atomic E-state index is 5.38. The van der Waals surface area contributed by atoms with E-state index in [1.165, 1.54) is 6.42 Å². The van der Waals surface area contributed by atoms with Crippen LogP contribution >= 0.6 is 0 Å². The molecule has 120 valence electrons. The molecule has 22 heavy (non-hydrogen) atoms. The fourth-order valence-electron chi connectivity index (χ4n) is 2.84. The number of fused-ring (bicyclic) bond motifs is 1. The molecule has 0 aromatic carbocycles. The third-order valence-corrected chi connectivity index (χ3v) is 4.10. The highest BCUT2D eigenvalue weighted by atomic mass is 16.5. The van der Waals surface area contributed by atoms with E-state index in [4.69, 9.17) is 4.74 Å². The summed E-state index contributed by atoms with van der Waals surface area (Å²) in [6, 6.07) is 2.08. The third kappa shape index (κ3) is 3.53. The van der Waals surface area contributed by atoms with Gasteiger partial charge in [-0.15, -0.1) is 10.2 Å². The van der Waals surface area contributed by atoms with Gasteiger partial charge in [0.25, 0.3) is 0 Å². The number of rotatable bonds is 6. The van der Waals surface area contributed by atoms with Crippen molar-refractivity contribution in [2.45, 2.75) is 19.8 Å². The summed E-state index contributed by atoms with van der Waals surface area (Å²) in [5.41, 5.74) is 2.89. The van der Waals surface area contributed by atoms with Crippen LogP contribution in [0.5, 0.6) is 0 Å². The van der Waals surface area contributed by atoms with Crippen molar-refractivity contribution < 1.29 is 4.74 Å². The molecule has 1 fully saturated rings. The number of aryl methyl sites for hydroxylation is 1. The molecule has 1 saturated heterocycles. The average Bonchev–Trinajstić information content (AvgIpc) is 2.99. The maximum atomic E-state index is 5.38. The Morgan fingerprint density at radius 2 is 2.09 bits per heavy atom. The summed E-state index contributed by atoms with van der Waals surface area (Å²) >= 11 is 0. The highest BCUT2D eigenvalue weighted by molar-refractivity contribution is 5.67. The normalized spacial score (nSPS) is 16.3. The summed E-state index contributed by atoms with van der Waals surface area (Å²) in [6.45, 7) is 8.06. The predicted molar refractivity (Wildman–Crippen MR) is 85.3 cm³/mol. The zero-order valence-corrected chi connectivity index (χ0v) is 13.4. The molecule has 0 amide bonds. The van der Waals surface area contributed by atoms with Gasteiger partial charge in [0.15, 0.2) is 0 Å². The van der Waals surface area contributed by atoms with Gasteiger partial charge in [-0.2, -0.15) is 9.61 Å². The SMILES string of the molecule is Cc1cc(N(C)CCCCN2CCOCC2)c2nncn2n1. The lowest BCUT2D eigenvalue weighted by atomic mass is 10.2. The fourth-order valence-corrected chi connectivity index (χ4v) is 2.84. The van der Waals surface area contributed by atoms with Gasteiger partial charge in [0.2, 0.25) is 5.65 Å². The molecule has 0 spiro atoms. The number of aromatic nitrogens is 4. The fraction of sp³-hybridized carbons (Fsp3) is 0.667. The van der Waals surface area contributed by atoms with Crippen LogP contribution in [0.3, 0.4) is 0 Å². The van der Waals surface area contributed by atoms with Crippen LogP contribution < -0.4 is 4.90 Å². The molecule has 3 rings (SSSR count). The number of morpholine rings is 1. The zero-order chi connectivity index (χ0) is 15.4. The quantitative estimate of drug-likeness (QED) is 0.742. The smallest absolute Gasteiger partial charge is 0.200 e. The van der Waals surface area contributed by atoms with Crippen molar-refractivity contribution in [3.05, 3.63) is 18.1 Å². The Bertz CT molecular complexity index is 607. The predicted octanol–water partition coefficient (Wildman–Crippen LogP) is 0.981. The van der Waals surface area contributed by atoms with Gasteiger partial charge in [-0.1, -0.05) is 0 Å². The van der Waals surface area contributed by atoms with Crippen LogP contribution in [0.15, 0.2) is 12.4 Å². The van der Waals surface area contributed by atoms with Crippen molar-refractivity contribution >= 4 is 11.3 Å². The first-order valence-corrected chi connectivity index (χ1v) is 7.93. The minimum absolute atomic E-state index is 0.821. The van der Waals surface area contributed by atoms with Gasteiger partial charge in [-0.3, -0.25) is 4.90 Å². The van der Waals surface area contributed by atoms with Crippen molar-refractivity contribution in [3.8, 4) is 0 Å². The van der Waals surface area contributed by atoms with Crippen LogP contribution in [0.4, 0.5) is 5.69 Å². The summed E-state index contributed by atoms with van der Waals surface area (Å²) in [7, 11) is 2.11. The lowest BCUT2D eigenvalue weighted by Crippen LogP contribution is -2.37. The van der Waals surface area contributed by atoms with Crippen LogP contribution in [0, 0.1) is 6.92 Å². The summed E-state index contributed by atoms with van der Waals surface area (Å²) in [5, 5.41) is 12.5. The van der Waals surface area contributed by atoms with Gasteiger partial charge in [0.05, 0.1) is 24.6 Å². The Morgan fingerprint density at radius 3 is 2.91 bits per heavy atom. The third-order valence-electron chi connectivity index (χ3n) is 4.10. The molecule has 2 aromatic heterocycles. The van der Waals surface area contributed by atoms with Crippen LogP contribution in [0.25, 0.3) is 5.65 Å². The van der Waals surface area contributed by atoms with Gasteiger partial charge in [0.1, 0.15) is 6.33 Å². The molecule has 0 aliphatic carbocycles. The molecule has 0 atom stereocenters. The van der Waals surface area contributed by atoms with Crippen LogP contribution in [-0.2, 0) is 4.74 Å². The lowest BCUT2D eigenvalue weighted by molar-refractivity contribution is 0.0372. The monoisotopic (exact) mass is 304 g/mol. The highest BCUT2D eigenvalue weighted by Gasteiger charge is 2.12. The summed E-state index contributed by atoms with van der Waals surface area (Å²) in [6.07, 6.45) is 4.02. The topological polar surface area (TPSA) is 58.8 Å². The number of unbranched alkanes of at least 4 members (excludes halogenated alkanes) is 1. The van der Waals surface area contributed by atoms with E-state index in [0.717, 1.165) is 62.8 Å². The van der Waals surface area contributed by atoms with E-state index in [-0.39, 0.29) is 0 Å². The van der Waals surface area contributed by atoms with E-state index in [0.29, 0.717) is 0 Å². The molecular weight excluding hydrogens is 280 g/mol. The van der Waals surface area contributed by atoms with Gasteiger partial charge < -0.3 is 9.64 Å². The van der Waals surface area contributed by atoms with Crippen LogP contribution in [0.2, 0.25) is 0 Å². The first-order chi connectivity index (χ1) is 10.7. The molecule has 0 N–H and O–H groups in total. The maximum Gasteiger partial charge on any atom is 0.200 e. The second kappa shape index (κ2) is 7.02. The Hall–Kier alpha value is -1.73. The molecule has 1 aliphatic rings. The Balaban J connectivity index is 1.52. The number of hydrogen-bond acceptors (Lipinski definition) is 6. The molecule has 0 bridgehead atoms.